The molecule has 0 unspecified atom stereocenters. The number of nitrogens with two attached hydrogens (primary N) is 1. The van der Waals surface area contributed by atoms with E-state index in [9.17, 15) is 14.4 Å². The number of carbonyl (C=O) groups excluding carboxylic acids is 1. The highest BCUT2D eigenvalue weighted by atomic mass is 16.5. The number of nitriles is 1. The first kappa shape index (κ1) is 28.5. The molecule has 3 aromatic rings. The van der Waals surface area contributed by atoms with Crippen molar-refractivity contribution in [1.29, 1.82) is 5.26 Å². The molecule has 5 rings (SSSR count). The maximum atomic E-state index is 12.4. The molecule has 0 bridgehead atoms. The van der Waals surface area contributed by atoms with Crippen LogP contribution in [-0.2, 0) is 11.3 Å². The second kappa shape index (κ2) is 13.5. The van der Waals surface area contributed by atoms with Gasteiger partial charge in [0.15, 0.2) is 18.2 Å². The summed E-state index contributed by atoms with van der Waals surface area (Å²) in [5.41, 5.74) is 7.22. The lowest BCUT2D eigenvalue weighted by atomic mass is 9.94. The number of carboxylic acid groups (broad SMARTS) is 1. The summed E-state index contributed by atoms with van der Waals surface area (Å²) in [4.78, 5) is 40.0. The van der Waals surface area contributed by atoms with Crippen LogP contribution in [0.25, 0.3) is 10.9 Å². The summed E-state index contributed by atoms with van der Waals surface area (Å²) in [6.07, 6.45) is 5.13. The molecule has 40 heavy (non-hydrogen) atoms. The second-order valence-corrected chi connectivity index (χ2v) is 9.64. The molecule has 0 spiro atoms. The van der Waals surface area contributed by atoms with Crippen LogP contribution >= 0.6 is 0 Å². The zero-order chi connectivity index (χ0) is 28.5. The van der Waals surface area contributed by atoms with Crippen molar-refractivity contribution in [3.05, 3.63) is 58.4 Å². The van der Waals surface area contributed by atoms with Crippen LogP contribution in [0, 0.1) is 11.3 Å². The van der Waals surface area contributed by atoms with Crippen LogP contribution < -0.4 is 26.7 Å². The first-order chi connectivity index (χ1) is 19.4. The molecule has 2 aliphatic rings. The number of ether oxygens (including phenoxy) is 1. The SMILES string of the molecule is N#Cc1ccc2ccc(=O)n(CCN(CCN)C3CCCCC3)c2c1.O=C(O)Nc1ccc2c(n1)NC(=O)CO2. The summed E-state index contributed by atoms with van der Waals surface area (Å²) in [6, 6.07) is 14.7. The molecule has 1 aromatic carbocycles. The van der Waals surface area contributed by atoms with Crippen molar-refractivity contribution in [2.45, 2.75) is 44.7 Å². The highest BCUT2D eigenvalue weighted by Crippen LogP contribution is 2.27. The maximum absolute atomic E-state index is 12.4. The van der Waals surface area contributed by atoms with Crippen molar-refractivity contribution in [1.82, 2.24) is 14.5 Å². The molecule has 0 radical (unpaired) electrons. The predicted molar refractivity (Wildman–Crippen MR) is 150 cm³/mol. The number of nitrogens with one attached hydrogen (secondary N) is 2. The molecule has 12 heteroatoms. The molecule has 12 nitrogen and oxygen atoms in total. The minimum Gasteiger partial charge on any atom is -0.480 e. The van der Waals surface area contributed by atoms with E-state index in [0.717, 1.165) is 24.0 Å². The Bertz CT molecular complexity index is 1460. The third kappa shape index (κ3) is 7.34. The number of anilines is 2. The van der Waals surface area contributed by atoms with Crippen LogP contribution in [0.5, 0.6) is 5.75 Å². The number of pyridine rings is 2. The molecule has 1 aliphatic heterocycles. The van der Waals surface area contributed by atoms with Crippen molar-refractivity contribution in [3.8, 4) is 11.8 Å². The average molecular weight is 548 g/mol. The van der Waals surface area contributed by atoms with Gasteiger partial charge in [-0.2, -0.15) is 5.26 Å². The minimum absolute atomic E-state index is 0.0149. The Morgan fingerprint density at radius 3 is 2.67 bits per heavy atom. The Morgan fingerprint density at radius 1 is 1.18 bits per heavy atom. The van der Waals surface area contributed by atoms with E-state index in [-0.39, 0.29) is 29.7 Å². The van der Waals surface area contributed by atoms with Crippen molar-refractivity contribution in [3.63, 3.8) is 0 Å². The van der Waals surface area contributed by atoms with E-state index >= 15 is 0 Å². The van der Waals surface area contributed by atoms with Crippen LogP contribution in [0.1, 0.15) is 37.7 Å². The fraction of sp³-hybridized carbons (Fsp3) is 0.393. The summed E-state index contributed by atoms with van der Waals surface area (Å²) in [5, 5.41) is 23.1. The Kier molecular flexibility index (Phi) is 9.66. The zero-order valence-corrected chi connectivity index (χ0v) is 22.1. The molecule has 5 N–H and O–H groups in total. The number of nitrogens with zero attached hydrogens (tertiary/aromatic N) is 4. The Labute approximate surface area is 231 Å². The van der Waals surface area contributed by atoms with Gasteiger partial charge in [-0.3, -0.25) is 19.8 Å². The number of aromatic nitrogens is 2. The van der Waals surface area contributed by atoms with Gasteiger partial charge < -0.3 is 25.5 Å². The molecule has 3 heterocycles. The number of hydrogen-bond donors (Lipinski definition) is 4. The van der Waals surface area contributed by atoms with Gasteiger partial charge in [-0.05, 0) is 48.6 Å². The first-order valence-electron chi connectivity index (χ1n) is 13.3. The van der Waals surface area contributed by atoms with Crippen LogP contribution in [0.15, 0.2) is 47.3 Å². The first-order valence-corrected chi connectivity index (χ1v) is 13.3. The van der Waals surface area contributed by atoms with Crippen LogP contribution in [0.4, 0.5) is 16.4 Å². The minimum atomic E-state index is -1.22. The van der Waals surface area contributed by atoms with Gasteiger partial charge in [0.2, 0.25) is 0 Å². The quantitative estimate of drug-likeness (QED) is 0.346. The number of fused-ring (bicyclic) bond motifs is 2. The Balaban J connectivity index is 0.000000210. The van der Waals surface area contributed by atoms with E-state index < -0.39 is 6.09 Å². The molecule has 2 aromatic heterocycles. The van der Waals surface area contributed by atoms with Crippen LogP contribution in [0.2, 0.25) is 0 Å². The van der Waals surface area contributed by atoms with Crippen LogP contribution in [-0.4, -0.2) is 63.8 Å². The third-order valence-electron chi connectivity index (χ3n) is 6.95. The van der Waals surface area contributed by atoms with E-state index in [2.05, 4.69) is 26.6 Å². The second-order valence-electron chi connectivity index (χ2n) is 9.64. The predicted octanol–water partition coefficient (Wildman–Crippen LogP) is 2.97. The van der Waals surface area contributed by atoms with E-state index in [0.29, 0.717) is 30.4 Å². The number of amides is 2. The summed E-state index contributed by atoms with van der Waals surface area (Å²) in [7, 11) is 0. The van der Waals surface area contributed by atoms with E-state index in [4.69, 9.17) is 20.8 Å². The van der Waals surface area contributed by atoms with Crippen LogP contribution in [0.3, 0.4) is 0 Å². The standard InChI is InChI=1S/C20H26N4O.C8H7N3O4/c21-10-11-23(18-4-2-1-3-5-18)12-13-24-19-14-16(15-22)6-7-17(19)8-9-20(24)25;12-6-3-15-4-1-2-5(10-8(13)14)9-7(4)11-6/h6-9,14,18H,1-5,10-13,21H2;1-2H,3H2,(H,13,14)(H2,9,10,11,12). The van der Waals surface area contributed by atoms with Gasteiger partial charge in [-0.1, -0.05) is 25.3 Å². The highest BCUT2D eigenvalue weighted by molar-refractivity contribution is 5.94. The topological polar surface area (TPSA) is 176 Å². The molecule has 1 saturated carbocycles. The van der Waals surface area contributed by atoms with Crippen molar-refractivity contribution >= 4 is 34.5 Å². The van der Waals surface area contributed by atoms with Gasteiger partial charge in [-0.15, -0.1) is 0 Å². The molecule has 1 fully saturated rings. The van der Waals surface area contributed by atoms with Gasteiger partial charge in [0.25, 0.3) is 11.5 Å². The summed E-state index contributed by atoms with van der Waals surface area (Å²) >= 11 is 0. The summed E-state index contributed by atoms with van der Waals surface area (Å²) < 4.78 is 6.84. The lowest BCUT2D eigenvalue weighted by Gasteiger charge is -2.34. The third-order valence-corrected chi connectivity index (χ3v) is 6.95. The van der Waals surface area contributed by atoms with Gasteiger partial charge in [0, 0.05) is 38.3 Å². The lowest BCUT2D eigenvalue weighted by Crippen LogP contribution is -2.42. The maximum Gasteiger partial charge on any atom is 0.410 e. The molecular weight excluding hydrogens is 514 g/mol. The summed E-state index contributed by atoms with van der Waals surface area (Å²) in [5.74, 6) is 0.456. The van der Waals surface area contributed by atoms with Gasteiger partial charge >= 0.3 is 6.09 Å². The normalized spacial score (nSPS) is 14.8. The molecule has 0 atom stereocenters. The smallest absolute Gasteiger partial charge is 0.410 e. The number of benzene rings is 1. The molecule has 0 saturated heterocycles. The zero-order valence-electron chi connectivity index (χ0n) is 22.1. The van der Waals surface area contributed by atoms with Gasteiger partial charge in [-0.25, -0.2) is 9.78 Å². The number of hydrogen-bond acceptors (Lipinski definition) is 8. The summed E-state index contributed by atoms with van der Waals surface area (Å²) in [6.45, 7) is 2.90. The van der Waals surface area contributed by atoms with Crippen molar-refractivity contribution in [2.75, 3.05) is 36.9 Å². The van der Waals surface area contributed by atoms with E-state index in [1.54, 1.807) is 16.7 Å². The van der Waals surface area contributed by atoms with Gasteiger partial charge in [0.1, 0.15) is 5.82 Å². The lowest BCUT2D eigenvalue weighted by molar-refractivity contribution is -0.118. The van der Waals surface area contributed by atoms with Crippen molar-refractivity contribution in [2.24, 2.45) is 5.73 Å². The largest absolute Gasteiger partial charge is 0.480 e. The monoisotopic (exact) mass is 547 g/mol. The average Bonchev–Trinajstić information content (AvgIpc) is 2.96. The van der Waals surface area contributed by atoms with E-state index in [1.807, 2.05) is 18.2 Å². The number of rotatable bonds is 7. The number of carbonyl (C=O) groups is 2. The Hall–Kier alpha value is -4.47. The Morgan fingerprint density at radius 2 is 1.95 bits per heavy atom. The molecule has 2 amide bonds. The molecule has 1 aliphatic carbocycles. The van der Waals surface area contributed by atoms with Gasteiger partial charge in [0.05, 0.1) is 17.1 Å². The molecule has 210 valence electrons. The molecular formula is C28H33N7O5. The fourth-order valence-corrected chi connectivity index (χ4v) is 5.05. The van der Waals surface area contributed by atoms with Crippen molar-refractivity contribution < 1.29 is 19.4 Å². The highest BCUT2D eigenvalue weighted by Gasteiger charge is 2.21. The van der Waals surface area contributed by atoms with E-state index in [1.165, 1.54) is 44.2 Å². The fourth-order valence-electron chi connectivity index (χ4n) is 5.05.